The first-order valence-corrected chi connectivity index (χ1v) is 14.2. The summed E-state index contributed by atoms with van der Waals surface area (Å²) in [6, 6.07) is 10.4. The Kier molecular flexibility index (Phi) is 10.9. The minimum Gasteiger partial charge on any atom is -0.497 e. The number of anilines is 1. The molecule has 0 saturated carbocycles. The number of nitrogens with one attached hydrogen (secondary N) is 1. The van der Waals surface area contributed by atoms with Crippen molar-refractivity contribution in [3.8, 4) is 5.75 Å². The highest BCUT2D eigenvalue weighted by Gasteiger charge is 2.32. The smallest absolute Gasteiger partial charge is 0.244 e. The lowest BCUT2D eigenvalue weighted by molar-refractivity contribution is -0.140. The van der Waals surface area contributed by atoms with E-state index in [1.165, 1.54) is 18.1 Å². The van der Waals surface area contributed by atoms with Crippen LogP contribution in [0.15, 0.2) is 42.5 Å². The lowest BCUT2D eigenvalue weighted by Crippen LogP contribution is -2.53. The van der Waals surface area contributed by atoms with Gasteiger partial charge in [-0.2, -0.15) is 0 Å². The standard InChI is InChI=1S/C25H33Cl2N3O5S/c1-6-17(3)28-25(32)23(7-2)29(15-18-11-12-19(26)13-22(18)27)24(31)16-30(36(5,33)34)20-9-8-10-21(14-20)35-4/h8-14,17,23H,6-7,15-16H2,1-5H3,(H,28,32). The van der Waals surface area contributed by atoms with Gasteiger partial charge in [-0.25, -0.2) is 8.42 Å². The Morgan fingerprint density at radius 1 is 1.08 bits per heavy atom. The Morgan fingerprint density at radius 3 is 2.33 bits per heavy atom. The van der Waals surface area contributed by atoms with Crippen LogP contribution in [-0.4, -0.2) is 57.1 Å². The minimum absolute atomic E-state index is 0.00300. The van der Waals surface area contributed by atoms with Crippen LogP contribution >= 0.6 is 23.2 Å². The van der Waals surface area contributed by atoms with E-state index in [9.17, 15) is 18.0 Å². The number of carbonyl (C=O) groups excluding carboxylic acids is 2. The number of benzene rings is 2. The monoisotopic (exact) mass is 557 g/mol. The van der Waals surface area contributed by atoms with E-state index in [1.54, 1.807) is 43.3 Å². The second-order valence-corrected chi connectivity index (χ2v) is 11.2. The maximum absolute atomic E-state index is 13.7. The van der Waals surface area contributed by atoms with E-state index >= 15 is 0 Å². The van der Waals surface area contributed by atoms with E-state index in [0.717, 1.165) is 17.0 Å². The third-order valence-corrected chi connectivity index (χ3v) is 7.49. The van der Waals surface area contributed by atoms with Gasteiger partial charge in [-0.15, -0.1) is 0 Å². The molecule has 2 atom stereocenters. The third-order valence-electron chi connectivity index (χ3n) is 5.76. The molecular weight excluding hydrogens is 525 g/mol. The molecular formula is C25H33Cl2N3O5S. The van der Waals surface area contributed by atoms with Gasteiger partial charge in [0.15, 0.2) is 0 Å². The highest BCUT2D eigenvalue weighted by molar-refractivity contribution is 7.92. The molecule has 2 amide bonds. The number of methoxy groups -OCH3 is 1. The topological polar surface area (TPSA) is 96.0 Å². The molecule has 2 rings (SSSR count). The van der Waals surface area contributed by atoms with Gasteiger partial charge in [0.25, 0.3) is 0 Å². The molecule has 2 aromatic rings. The van der Waals surface area contributed by atoms with Gasteiger partial charge < -0.3 is 15.0 Å². The largest absolute Gasteiger partial charge is 0.497 e. The second-order valence-electron chi connectivity index (χ2n) is 8.47. The summed E-state index contributed by atoms with van der Waals surface area (Å²) in [5.74, 6) is -0.434. The molecule has 0 spiro atoms. The number of carbonyl (C=O) groups is 2. The molecule has 0 aliphatic rings. The van der Waals surface area contributed by atoms with Crippen LogP contribution in [0.5, 0.6) is 5.75 Å². The van der Waals surface area contributed by atoms with Gasteiger partial charge in [-0.1, -0.05) is 49.2 Å². The molecule has 0 aliphatic heterocycles. The fourth-order valence-electron chi connectivity index (χ4n) is 3.57. The van der Waals surface area contributed by atoms with Gasteiger partial charge in [-0.05, 0) is 49.6 Å². The van der Waals surface area contributed by atoms with Gasteiger partial charge >= 0.3 is 0 Å². The maximum atomic E-state index is 13.7. The van der Waals surface area contributed by atoms with E-state index in [2.05, 4.69) is 5.32 Å². The summed E-state index contributed by atoms with van der Waals surface area (Å²) in [4.78, 5) is 28.2. The average molecular weight is 559 g/mol. The van der Waals surface area contributed by atoms with Crippen molar-refractivity contribution < 1.29 is 22.7 Å². The summed E-state index contributed by atoms with van der Waals surface area (Å²) in [6.45, 7) is 5.10. The fourth-order valence-corrected chi connectivity index (χ4v) is 4.88. The summed E-state index contributed by atoms with van der Waals surface area (Å²) < 4.78 is 31.6. The van der Waals surface area contributed by atoms with E-state index in [-0.39, 0.29) is 24.2 Å². The number of hydrogen-bond donors (Lipinski definition) is 1. The van der Waals surface area contributed by atoms with Crippen LogP contribution in [0.2, 0.25) is 10.0 Å². The van der Waals surface area contributed by atoms with Gasteiger partial charge in [0.05, 0.1) is 19.1 Å². The highest BCUT2D eigenvalue weighted by atomic mass is 35.5. The van der Waals surface area contributed by atoms with E-state index < -0.39 is 28.5 Å². The Bertz CT molecular complexity index is 1180. The minimum atomic E-state index is -3.85. The van der Waals surface area contributed by atoms with Crippen molar-refractivity contribution in [2.45, 2.75) is 52.2 Å². The summed E-state index contributed by atoms with van der Waals surface area (Å²) in [5, 5.41) is 3.69. The van der Waals surface area contributed by atoms with Crippen molar-refractivity contribution in [1.82, 2.24) is 10.2 Å². The van der Waals surface area contributed by atoms with Crippen molar-refractivity contribution in [2.24, 2.45) is 0 Å². The van der Waals surface area contributed by atoms with Crippen LogP contribution in [-0.2, 0) is 26.2 Å². The van der Waals surface area contributed by atoms with Crippen molar-refractivity contribution >= 4 is 50.7 Å². The molecule has 0 heterocycles. The van der Waals surface area contributed by atoms with Gasteiger partial charge in [0.2, 0.25) is 21.8 Å². The van der Waals surface area contributed by atoms with Crippen LogP contribution in [0.1, 0.15) is 39.2 Å². The van der Waals surface area contributed by atoms with Crippen molar-refractivity contribution in [3.05, 3.63) is 58.1 Å². The average Bonchev–Trinajstić information content (AvgIpc) is 2.82. The Balaban J connectivity index is 2.49. The molecule has 1 N–H and O–H groups in total. The Hall–Kier alpha value is -2.49. The van der Waals surface area contributed by atoms with Crippen LogP contribution in [0.25, 0.3) is 0 Å². The number of hydrogen-bond acceptors (Lipinski definition) is 5. The summed E-state index contributed by atoms with van der Waals surface area (Å²) >= 11 is 12.4. The normalized spacial score (nSPS) is 13.0. The molecule has 0 bridgehead atoms. The number of amides is 2. The zero-order valence-corrected chi connectivity index (χ0v) is 23.5. The summed E-state index contributed by atoms with van der Waals surface area (Å²) in [6.07, 6.45) is 2.06. The van der Waals surface area contributed by atoms with Crippen LogP contribution in [0.3, 0.4) is 0 Å². The molecule has 0 fully saturated rings. The molecule has 36 heavy (non-hydrogen) atoms. The number of nitrogens with zero attached hydrogens (tertiary/aromatic N) is 2. The molecule has 8 nitrogen and oxygen atoms in total. The quantitative estimate of drug-likeness (QED) is 0.414. The molecule has 0 saturated heterocycles. The SMILES string of the molecule is CCC(C)NC(=O)C(CC)N(Cc1ccc(Cl)cc1Cl)C(=O)CN(c1cccc(OC)c1)S(C)(=O)=O. The lowest BCUT2D eigenvalue weighted by Gasteiger charge is -2.33. The van der Waals surface area contributed by atoms with Crippen LogP contribution in [0.4, 0.5) is 5.69 Å². The predicted octanol–water partition coefficient (Wildman–Crippen LogP) is 4.49. The molecule has 198 valence electrons. The fraction of sp³-hybridized carbons (Fsp3) is 0.440. The second kappa shape index (κ2) is 13.2. The van der Waals surface area contributed by atoms with Crippen LogP contribution < -0.4 is 14.4 Å². The maximum Gasteiger partial charge on any atom is 0.244 e. The summed E-state index contributed by atoms with van der Waals surface area (Å²) in [5.41, 5.74) is 0.850. The van der Waals surface area contributed by atoms with E-state index in [4.69, 9.17) is 27.9 Å². The first-order chi connectivity index (χ1) is 16.9. The molecule has 2 unspecified atom stereocenters. The van der Waals surface area contributed by atoms with E-state index in [1.807, 2.05) is 13.8 Å². The van der Waals surface area contributed by atoms with Crippen molar-refractivity contribution in [1.29, 1.82) is 0 Å². The zero-order chi connectivity index (χ0) is 27.0. The van der Waals surface area contributed by atoms with Crippen molar-refractivity contribution in [2.75, 3.05) is 24.2 Å². The molecule has 2 aromatic carbocycles. The number of rotatable bonds is 12. The Morgan fingerprint density at radius 2 is 1.78 bits per heavy atom. The van der Waals surface area contributed by atoms with Crippen LogP contribution in [0, 0.1) is 0 Å². The van der Waals surface area contributed by atoms with E-state index in [0.29, 0.717) is 27.8 Å². The predicted molar refractivity (Wildman–Crippen MR) is 144 cm³/mol. The number of halogens is 2. The number of ether oxygens (including phenoxy) is 1. The molecule has 0 aliphatic carbocycles. The van der Waals surface area contributed by atoms with Gasteiger partial charge in [0.1, 0.15) is 18.3 Å². The van der Waals surface area contributed by atoms with Crippen molar-refractivity contribution in [3.63, 3.8) is 0 Å². The molecule has 11 heteroatoms. The zero-order valence-electron chi connectivity index (χ0n) is 21.1. The van der Waals surface area contributed by atoms with Gasteiger partial charge in [0, 0.05) is 28.7 Å². The molecule has 0 radical (unpaired) electrons. The number of sulfonamides is 1. The molecule has 0 aromatic heterocycles. The third kappa shape index (κ3) is 8.01. The van der Waals surface area contributed by atoms with Gasteiger partial charge in [-0.3, -0.25) is 13.9 Å². The highest BCUT2D eigenvalue weighted by Crippen LogP contribution is 2.26. The Labute approximate surface area is 223 Å². The lowest BCUT2D eigenvalue weighted by atomic mass is 10.1. The first kappa shape index (κ1) is 29.7. The first-order valence-electron chi connectivity index (χ1n) is 11.6. The summed E-state index contributed by atoms with van der Waals surface area (Å²) in [7, 11) is -2.38.